The predicted molar refractivity (Wildman–Crippen MR) is 124 cm³/mol. The Morgan fingerprint density at radius 1 is 1.13 bits per heavy atom. The van der Waals surface area contributed by atoms with Crippen LogP contribution in [0.2, 0.25) is 0 Å². The molecule has 1 amide bonds. The van der Waals surface area contributed by atoms with Crippen LogP contribution in [0.4, 0.5) is 5.13 Å². The van der Waals surface area contributed by atoms with Crippen molar-refractivity contribution in [3.63, 3.8) is 0 Å². The van der Waals surface area contributed by atoms with E-state index in [2.05, 4.69) is 29.5 Å². The first-order chi connectivity index (χ1) is 14.9. The zero-order valence-corrected chi connectivity index (χ0v) is 18.9. The van der Waals surface area contributed by atoms with Crippen molar-refractivity contribution >= 4 is 32.7 Å². The number of hydrogen-bond donors (Lipinski definition) is 1. The van der Waals surface area contributed by atoms with E-state index in [1.165, 1.54) is 5.56 Å². The highest BCUT2D eigenvalue weighted by molar-refractivity contribution is 7.22. The van der Waals surface area contributed by atoms with Gasteiger partial charge in [-0.1, -0.05) is 41.2 Å². The number of fused-ring (bicyclic) bond motifs is 1. The zero-order chi connectivity index (χ0) is 22.0. The van der Waals surface area contributed by atoms with Crippen molar-refractivity contribution in [2.24, 2.45) is 0 Å². The second-order valence-electron chi connectivity index (χ2n) is 7.46. The molecular weight excluding hydrogens is 410 g/mol. The van der Waals surface area contributed by atoms with Crippen molar-refractivity contribution in [1.82, 2.24) is 20.1 Å². The molecule has 8 heteroatoms. The Balaban J connectivity index is 1.44. The molecule has 0 fully saturated rings. The number of likely N-dealkylation sites (N-methyl/N-ethyl adjacent to an activating group) is 1. The molecular formula is C23H25N5O2S. The van der Waals surface area contributed by atoms with Gasteiger partial charge in [0.1, 0.15) is 5.75 Å². The van der Waals surface area contributed by atoms with Crippen LogP contribution in [0, 0.1) is 13.8 Å². The molecule has 0 aliphatic carbocycles. The second-order valence-corrected chi connectivity index (χ2v) is 8.44. The summed E-state index contributed by atoms with van der Waals surface area (Å²) in [7, 11) is 3.51. The lowest BCUT2D eigenvalue weighted by molar-refractivity contribution is -0.119. The third-order valence-corrected chi connectivity index (χ3v) is 6.28. The number of hydrogen-bond acceptors (Lipinski definition) is 6. The molecule has 2 aromatic carbocycles. The standard InChI is InChI=1S/C23H25N5O2S/c1-15-5-9-18(10-6-15)28-22-21(16(2)26-28)31-23(25-22)27(3)14-20(29)24-13-17-7-11-19(30-4)12-8-17/h5-12H,13-14H2,1-4H3,(H,24,29). The molecule has 4 rings (SSSR count). The minimum absolute atomic E-state index is 0.0607. The molecule has 0 aliphatic heterocycles. The number of carbonyl (C=O) groups excluding carboxylic acids is 1. The average molecular weight is 436 g/mol. The molecule has 31 heavy (non-hydrogen) atoms. The van der Waals surface area contributed by atoms with E-state index in [1.54, 1.807) is 18.4 Å². The summed E-state index contributed by atoms with van der Waals surface area (Å²) in [6.07, 6.45) is 0. The first-order valence-electron chi connectivity index (χ1n) is 9.98. The normalized spacial score (nSPS) is 11.0. The van der Waals surface area contributed by atoms with Gasteiger partial charge in [0.2, 0.25) is 5.91 Å². The fourth-order valence-electron chi connectivity index (χ4n) is 3.24. The maximum absolute atomic E-state index is 12.4. The van der Waals surface area contributed by atoms with Crippen LogP contribution in [-0.2, 0) is 11.3 Å². The quantitative estimate of drug-likeness (QED) is 0.477. The van der Waals surface area contributed by atoms with E-state index < -0.39 is 0 Å². The van der Waals surface area contributed by atoms with Gasteiger partial charge in [0, 0.05) is 13.6 Å². The van der Waals surface area contributed by atoms with Crippen molar-refractivity contribution in [1.29, 1.82) is 0 Å². The lowest BCUT2D eigenvalue weighted by Crippen LogP contribution is -2.34. The molecule has 7 nitrogen and oxygen atoms in total. The Bertz CT molecular complexity index is 1200. The number of ether oxygens (including phenoxy) is 1. The SMILES string of the molecule is COc1ccc(CNC(=O)CN(C)c2nc3c(s2)c(C)nn3-c2ccc(C)cc2)cc1. The van der Waals surface area contributed by atoms with Gasteiger partial charge in [-0.15, -0.1) is 0 Å². The molecule has 0 atom stereocenters. The van der Waals surface area contributed by atoms with E-state index in [9.17, 15) is 4.79 Å². The molecule has 160 valence electrons. The van der Waals surface area contributed by atoms with Crippen LogP contribution in [0.25, 0.3) is 16.0 Å². The molecule has 0 aliphatic rings. The molecule has 0 saturated carbocycles. The third-order valence-electron chi connectivity index (χ3n) is 5.01. The lowest BCUT2D eigenvalue weighted by Gasteiger charge is -2.15. The summed E-state index contributed by atoms with van der Waals surface area (Å²) in [5.74, 6) is 0.736. The fourth-order valence-corrected chi connectivity index (χ4v) is 4.18. The highest BCUT2D eigenvalue weighted by atomic mass is 32.1. The number of anilines is 1. The van der Waals surface area contributed by atoms with Crippen LogP contribution in [0.1, 0.15) is 16.8 Å². The maximum atomic E-state index is 12.4. The summed E-state index contributed by atoms with van der Waals surface area (Å²) in [4.78, 5) is 19.1. The highest BCUT2D eigenvalue weighted by Crippen LogP contribution is 2.32. The number of carbonyl (C=O) groups is 1. The number of nitrogens with one attached hydrogen (secondary N) is 1. The summed E-state index contributed by atoms with van der Waals surface area (Å²) in [6.45, 7) is 4.74. The Kier molecular flexibility index (Phi) is 5.90. The number of rotatable bonds is 7. The number of nitrogens with zero attached hydrogens (tertiary/aromatic N) is 4. The zero-order valence-electron chi connectivity index (χ0n) is 18.0. The molecule has 0 unspecified atom stereocenters. The van der Waals surface area contributed by atoms with Crippen LogP contribution in [0.3, 0.4) is 0 Å². The Labute approximate surface area is 185 Å². The van der Waals surface area contributed by atoms with Gasteiger partial charge >= 0.3 is 0 Å². The maximum Gasteiger partial charge on any atom is 0.239 e. The van der Waals surface area contributed by atoms with Crippen LogP contribution >= 0.6 is 11.3 Å². The van der Waals surface area contributed by atoms with Crippen molar-refractivity contribution in [3.8, 4) is 11.4 Å². The van der Waals surface area contributed by atoms with Crippen LogP contribution in [0.5, 0.6) is 5.75 Å². The van der Waals surface area contributed by atoms with Gasteiger partial charge in [0.05, 0.1) is 29.7 Å². The fraction of sp³-hybridized carbons (Fsp3) is 0.261. The smallest absolute Gasteiger partial charge is 0.239 e. The van der Waals surface area contributed by atoms with Gasteiger partial charge in [0.25, 0.3) is 0 Å². The lowest BCUT2D eigenvalue weighted by atomic mass is 10.2. The average Bonchev–Trinajstić information content (AvgIpc) is 3.34. The van der Waals surface area contributed by atoms with Crippen LogP contribution in [-0.4, -0.2) is 41.4 Å². The van der Waals surface area contributed by atoms with E-state index >= 15 is 0 Å². The summed E-state index contributed by atoms with van der Waals surface area (Å²) in [5, 5.41) is 8.39. The molecule has 0 bridgehead atoms. The van der Waals surface area contributed by atoms with E-state index in [0.717, 1.165) is 38.2 Å². The number of thiazole rings is 1. The van der Waals surface area contributed by atoms with E-state index in [0.29, 0.717) is 6.54 Å². The minimum Gasteiger partial charge on any atom is -0.497 e. The Hall–Kier alpha value is -3.39. The first kappa shape index (κ1) is 20.9. The van der Waals surface area contributed by atoms with Crippen molar-refractivity contribution in [2.45, 2.75) is 20.4 Å². The third kappa shape index (κ3) is 4.54. The Morgan fingerprint density at radius 2 is 1.84 bits per heavy atom. The van der Waals surface area contributed by atoms with Gasteiger partial charge in [-0.2, -0.15) is 10.1 Å². The highest BCUT2D eigenvalue weighted by Gasteiger charge is 2.18. The van der Waals surface area contributed by atoms with Crippen LogP contribution < -0.4 is 15.0 Å². The predicted octanol–water partition coefficient (Wildman–Crippen LogP) is 3.86. The molecule has 1 N–H and O–H groups in total. The molecule has 4 aromatic rings. The first-order valence-corrected chi connectivity index (χ1v) is 10.8. The monoisotopic (exact) mass is 435 g/mol. The largest absolute Gasteiger partial charge is 0.497 e. The van der Waals surface area contributed by atoms with E-state index in [4.69, 9.17) is 9.72 Å². The summed E-state index contributed by atoms with van der Waals surface area (Å²) in [5.41, 5.74) is 4.93. The summed E-state index contributed by atoms with van der Waals surface area (Å²) < 4.78 is 8.05. The molecule has 0 spiro atoms. The van der Waals surface area contributed by atoms with Gasteiger partial charge in [-0.3, -0.25) is 4.79 Å². The molecule has 2 heterocycles. The van der Waals surface area contributed by atoms with Crippen LogP contribution in [0.15, 0.2) is 48.5 Å². The van der Waals surface area contributed by atoms with Gasteiger partial charge < -0.3 is 15.0 Å². The molecule has 2 aromatic heterocycles. The van der Waals surface area contributed by atoms with Crippen molar-refractivity contribution in [3.05, 3.63) is 65.4 Å². The molecule has 0 saturated heterocycles. The number of benzene rings is 2. The number of methoxy groups -OCH3 is 1. The number of amides is 1. The van der Waals surface area contributed by atoms with E-state index in [1.807, 2.05) is 60.0 Å². The number of aryl methyl sites for hydroxylation is 2. The van der Waals surface area contributed by atoms with Crippen molar-refractivity contribution in [2.75, 3.05) is 25.6 Å². The summed E-state index contributed by atoms with van der Waals surface area (Å²) in [6, 6.07) is 15.8. The van der Waals surface area contributed by atoms with Gasteiger partial charge in [-0.05, 0) is 43.7 Å². The molecule has 0 radical (unpaired) electrons. The van der Waals surface area contributed by atoms with Crippen molar-refractivity contribution < 1.29 is 9.53 Å². The minimum atomic E-state index is -0.0607. The van der Waals surface area contributed by atoms with E-state index in [-0.39, 0.29) is 12.5 Å². The topological polar surface area (TPSA) is 72.3 Å². The van der Waals surface area contributed by atoms with Gasteiger partial charge in [-0.25, -0.2) is 4.68 Å². The second kappa shape index (κ2) is 8.77. The number of aromatic nitrogens is 3. The van der Waals surface area contributed by atoms with Gasteiger partial charge in [0.15, 0.2) is 10.8 Å². The summed E-state index contributed by atoms with van der Waals surface area (Å²) >= 11 is 1.55. The Morgan fingerprint density at radius 3 is 2.52 bits per heavy atom.